The molecule has 0 fully saturated rings. The molecule has 0 bridgehead atoms. The molecule has 0 aliphatic rings. The van der Waals surface area contributed by atoms with Crippen LogP contribution in [0.3, 0.4) is 0 Å². The fraction of sp³-hybridized carbons (Fsp3) is 0.636. The van der Waals surface area contributed by atoms with Crippen LogP contribution in [0.4, 0.5) is 0 Å². The molecule has 0 saturated heterocycles. The minimum absolute atomic E-state index is 0.895. The Labute approximate surface area is 76.5 Å². The first-order valence-corrected chi connectivity index (χ1v) is 4.54. The van der Waals surface area contributed by atoms with Crippen molar-refractivity contribution in [1.82, 2.24) is 4.90 Å². The third kappa shape index (κ3) is 7.37. The van der Waals surface area contributed by atoms with Crippen molar-refractivity contribution in [1.29, 1.82) is 0 Å². The highest BCUT2D eigenvalue weighted by molar-refractivity contribution is 4.83. The largest absolute Gasteiger partial charge is 0.306 e. The van der Waals surface area contributed by atoms with Crippen molar-refractivity contribution in [3.8, 4) is 12.3 Å². The van der Waals surface area contributed by atoms with Gasteiger partial charge in [-0.3, -0.25) is 0 Å². The molecule has 0 spiro atoms. The Morgan fingerprint density at radius 3 is 2.67 bits per heavy atom. The van der Waals surface area contributed by atoms with Crippen LogP contribution in [0.5, 0.6) is 0 Å². The van der Waals surface area contributed by atoms with Crippen molar-refractivity contribution < 1.29 is 0 Å². The number of terminal acetylenes is 1. The summed E-state index contributed by atoms with van der Waals surface area (Å²) in [5, 5.41) is 0. The van der Waals surface area contributed by atoms with E-state index in [0.717, 1.165) is 32.4 Å². The maximum absolute atomic E-state index is 5.15. The van der Waals surface area contributed by atoms with Crippen LogP contribution in [0, 0.1) is 12.3 Å². The van der Waals surface area contributed by atoms with Gasteiger partial charge in [0.05, 0.1) is 0 Å². The molecule has 68 valence electrons. The molecule has 0 N–H and O–H groups in total. The smallest absolute Gasteiger partial charge is 0.00982 e. The minimum atomic E-state index is 0.895. The molecule has 0 radical (unpaired) electrons. The highest BCUT2D eigenvalue weighted by Crippen LogP contribution is 1.95. The Bertz CT molecular complexity index is 144. The highest BCUT2D eigenvalue weighted by atomic mass is 15.1. The predicted molar refractivity (Wildman–Crippen MR) is 55.0 cm³/mol. The van der Waals surface area contributed by atoms with Crippen LogP contribution in [0.15, 0.2) is 12.7 Å². The summed E-state index contributed by atoms with van der Waals surface area (Å²) in [6.45, 7) is 5.95. The zero-order valence-corrected chi connectivity index (χ0v) is 8.05. The molecule has 0 aromatic carbocycles. The third-order valence-corrected chi connectivity index (χ3v) is 1.81. The van der Waals surface area contributed by atoms with Crippen LogP contribution in [-0.2, 0) is 0 Å². The highest BCUT2D eigenvalue weighted by Gasteiger charge is 1.95. The van der Waals surface area contributed by atoms with E-state index in [1.807, 2.05) is 6.08 Å². The molecule has 0 atom stereocenters. The average molecular weight is 165 g/mol. The Morgan fingerprint density at radius 1 is 1.42 bits per heavy atom. The summed E-state index contributed by atoms with van der Waals surface area (Å²) in [4.78, 5) is 2.32. The van der Waals surface area contributed by atoms with Gasteiger partial charge in [-0.25, -0.2) is 0 Å². The molecule has 0 aromatic heterocycles. The Morgan fingerprint density at radius 2 is 2.08 bits per heavy atom. The Kier molecular flexibility index (Phi) is 7.84. The molecular weight excluding hydrogens is 146 g/mol. The molecule has 12 heavy (non-hydrogen) atoms. The maximum atomic E-state index is 5.15. The second kappa shape index (κ2) is 8.36. The topological polar surface area (TPSA) is 3.24 Å². The first-order chi connectivity index (χ1) is 5.81. The normalized spacial score (nSPS) is 9.75. The molecule has 0 heterocycles. The number of allylic oxidation sites excluding steroid dienone is 1. The SMILES string of the molecule is C#CCCCN(C)CCCC=C. The van der Waals surface area contributed by atoms with Gasteiger partial charge < -0.3 is 4.90 Å². The van der Waals surface area contributed by atoms with Gasteiger partial charge >= 0.3 is 0 Å². The van der Waals surface area contributed by atoms with E-state index in [9.17, 15) is 0 Å². The van der Waals surface area contributed by atoms with Gasteiger partial charge in [0.2, 0.25) is 0 Å². The number of nitrogens with zero attached hydrogens (tertiary/aromatic N) is 1. The van der Waals surface area contributed by atoms with Crippen LogP contribution in [0.2, 0.25) is 0 Å². The quantitative estimate of drug-likeness (QED) is 0.318. The molecule has 0 amide bonds. The monoisotopic (exact) mass is 165 g/mol. The van der Waals surface area contributed by atoms with E-state index in [2.05, 4.69) is 24.4 Å². The standard InChI is InChI=1S/C11H19N/c1-4-6-8-10-12(3)11-9-7-5-2/h1,5H,2,6-11H2,3H3. The number of rotatable bonds is 7. The van der Waals surface area contributed by atoms with Crippen LogP contribution >= 0.6 is 0 Å². The lowest BCUT2D eigenvalue weighted by Gasteiger charge is -2.14. The van der Waals surface area contributed by atoms with Crippen molar-refractivity contribution >= 4 is 0 Å². The summed E-state index contributed by atoms with van der Waals surface area (Å²) >= 11 is 0. The average Bonchev–Trinajstić information content (AvgIpc) is 2.06. The molecule has 0 rings (SSSR count). The zero-order valence-electron chi connectivity index (χ0n) is 8.05. The lowest BCUT2D eigenvalue weighted by Crippen LogP contribution is -2.20. The van der Waals surface area contributed by atoms with E-state index in [1.54, 1.807) is 0 Å². The molecule has 0 unspecified atom stereocenters. The van der Waals surface area contributed by atoms with Gasteiger partial charge in [0.15, 0.2) is 0 Å². The van der Waals surface area contributed by atoms with Crippen molar-refractivity contribution in [2.75, 3.05) is 20.1 Å². The molecule has 1 heteroatoms. The van der Waals surface area contributed by atoms with E-state index < -0.39 is 0 Å². The number of unbranched alkanes of at least 4 members (excludes halogenated alkanes) is 2. The Hall–Kier alpha value is -0.740. The van der Waals surface area contributed by atoms with Crippen LogP contribution in [-0.4, -0.2) is 25.0 Å². The molecule has 1 nitrogen and oxygen atoms in total. The molecule has 0 aliphatic carbocycles. The van der Waals surface area contributed by atoms with Gasteiger partial charge in [0, 0.05) is 6.42 Å². The van der Waals surface area contributed by atoms with E-state index in [-0.39, 0.29) is 0 Å². The minimum Gasteiger partial charge on any atom is -0.306 e. The summed E-state index contributed by atoms with van der Waals surface area (Å²) in [5.41, 5.74) is 0. The number of hydrogen-bond acceptors (Lipinski definition) is 1. The zero-order chi connectivity index (χ0) is 9.23. The molecule has 0 aromatic rings. The number of hydrogen-bond donors (Lipinski definition) is 0. The van der Waals surface area contributed by atoms with Crippen molar-refractivity contribution in [3.05, 3.63) is 12.7 Å². The van der Waals surface area contributed by atoms with Crippen LogP contribution in [0.1, 0.15) is 25.7 Å². The fourth-order valence-corrected chi connectivity index (χ4v) is 1.07. The predicted octanol–water partition coefficient (Wildman–Crippen LogP) is 2.30. The van der Waals surface area contributed by atoms with Crippen LogP contribution in [0.25, 0.3) is 0 Å². The van der Waals surface area contributed by atoms with Gasteiger partial charge in [-0.05, 0) is 39.4 Å². The molecule has 0 saturated carbocycles. The van der Waals surface area contributed by atoms with Gasteiger partial charge in [-0.1, -0.05) is 6.08 Å². The van der Waals surface area contributed by atoms with E-state index in [4.69, 9.17) is 6.42 Å². The van der Waals surface area contributed by atoms with E-state index >= 15 is 0 Å². The summed E-state index contributed by atoms with van der Waals surface area (Å²) in [7, 11) is 2.14. The van der Waals surface area contributed by atoms with Crippen molar-refractivity contribution in [3.63, 3.8) is 0 Å². The molecule has 0 aliphatic heterocycles. The van der Waals surface area contributed by atoms with Gasteiger partial charge in [-0.15, -0.1) is 18.9 Å². The first-order valence-electron chi connectivity index (χ1n) is 4.54. The van der Waals surface area contributed by atoms with E-state index in [0.29, 0.717) is 0 Å². The van der Waals surface area contributed by atoms with E-state index in [1.165, 1.54) is 6.42 Å². The third-order valence-electron chi connectivity index (χ3n) is 1.81. The van der Waals surface area contributed by atoms with Gasteiger partial charge in [-0.2, -0.15) is 0 Å². The van der Waals surface area contributed by atoms with Gasteiger partial charge in [0.25, 0.3) is 0 Å². The summed E-state index contributed by atoms with van der Waals surface area (Å²) in [6.07, 6.45) is 11.4. The Balaban J connectivity index is 3.16. The van der Waals surface area contributed by atoms with Gasteiger partial charge in [0.1, 0.15) is 0 Å². The molecular formula is C11H19N. The fourth-order valence-electron chi connectivity index (χ4n) is 1.07. The van der Waals surface area contributed by atoms with Crippen molar-refractivity contribution in [2.45, 2.75) is 25.7 Å². The lowest BCUT2D eigenvalue weighted by atomic mass is 10.2. The van der Waals surface area contributed by atoms with Crippen molar-refractivity contribution in [2.24, 2.45) is 0 Å². The summed E-state index contributed by atoms with van der Waals surface area (Å²) in [6, 6.07) is 0. The lowest BCUT2D eigenvalue weighted by molar-refractivity contribution is 0.327. The second-order valence-electron chi connectivity index (χ2n) is 3.04. The second-order valence-corrected chi connectivity index (χ2v) is 3.04. The summed E-state index contributed by atoms with van der Waals surface area (Å²) < 4.78 is 0. The van der Waals surface area contributed by atoms with Crippen LogP contribution < -0.4 is 0 Å². The first kappa shape index (κ1) is 11.3. The maximum Gasteiger partial charge on any atom is 0.00982 e. The summed E-state index contributed by atoms with van der Waals surface area (Å²) in [5.74, 6) is 2.65.